The predicted octanol–water partition coefficient (Wildman–Crippen LogP) is 3.09. The van der Waals surface area contributed by atoms with Crippen molar-refractivity contribution < 1.29 is 4.79 Å². The number of unbranched alkanes of at least 4 members (excludes halogenated alkanes) is 2. The van der Waals surface area contributed by atoms with Crippen LogP contribution in [0.3, 0.4) is 0 Å². The number of carbonyl (C=O) groups is 1. The number of nitrogens with zero attached hydrogens (tertiary/aromatic N) is 1. The van der Waals surface area contributed by atoms with Crippen molar-refractivity contribution >= 4 is 23.3 Å². The minimum Gasteiger partial charge on any atom is -0.370 e. The van der Waals surface area contributed by atoms with Gasteiger partial charge < -0.3 is 10.6 Å². The Morgan fingerprint density at radius 3 is 2.83 bits per heavy atom. The molecule has 0 aliphatic heterocycles. The summed E-state index contributed by atoms with van der Waals surface area (Å²) in [5, 5.41) is 6.30. The van der Waals surface area contributed by atoms with E-state index in [-0.39, 0.29) is 5.91 Å². The molecule has 0 aromatic carbocycles. The monoisotopic (exact) mass is 269 g/mol. The van der Waals surface area contributed by atoms with Crippen LogP contribution in [0, 0.1) is 0 Å². The molecule has 1 aromatic rings. The van der Waals surface area contributed by atoms with Crippen molar-refractivity contribution in [2.45, 2.75) is 33.1 Å². The quantitative estimate of drug-likeness (QED) is 0.748. The fraction of sp³-hybridized carbons (Fsp3) is 0.538. The van der Waals surface area contributed by atoms with Gasteiger partial charge in [-0.2, -0.15) is 0 Å². The van der Waals surface area contributed by atoms with Crippen LogP contribution >= 0.6 is 11.6 Å². The summed E-state index contributed by atoms with van der Waals surface area (Å²) in [7, 11) is 0. The summed E-state index contributed by atoms with van der Waals surface area (Å²) >= 11 is 5.98. The van der Waals surface area contributed by atoms with Crippen LogP contribution < -0.4 is 10.6 Å². The molecule has 4 nitrogen and oxygen atoms in total. The van der Waals surface area contributed by atoms with Gasteiger partial charge in [-0.3, -0.25) is 4.79 Å². The highest BCUT2D eigenvalue weighted by molar-refractivity contribution is 6.33. The Kier molecular flexibility index (Phi) is 6.50. The van der Waals surface area contributed by atoms with Crippen molar-refractivity contribution in [3.63, 3.8) is 0 Å². The fourth-order valence-corrected chi connectivity index (χ4v) is 1.75. The molecule has 0 spiro atoms. The first-order valence-corrected chi connectivity index (χ1v) is 6.74. The maximum atomic E-state index is 11.9. The maximum Gasteiger partial charge on any atom is 0.252 e. The molecule has 0 unspecified atom stereocenters. The summed E-state index contributed by atoms with van der Waals surface area (Å²) in [5.74, 6) is 0.526. The molecule has 1 amide bonds. The van der Waals surface area contributed by atoms with Gasteiger partial charge in [0.05, 0.1) is 10.6 Å². The molecule has 18 heavy (non-hydrogen) atoms. The lowest BCUT2D eigenvalue weighted by molar-refractivity contribution is 0.0953. The molecule has 0 saturated heterocycles. The van der Waals surface area contributed by atoms with E-state index in [4.69, 9.17) is 11.6 Å². The highest BCUT2D eigenvalue weighted by atomic mass is 35.5. The number of amides is 1. The number of hydrogen-bond acceptors (Lipinski definition) is 3. The summed E-state index contributed by atoms with van der Waals surface area (Å²) in [6, 6.07) is 1.68. The molecule has 0 aliphatic rings. The summed E-state index contributed by atoms with van der Waals surface area (Å²) in [6.07, 6.45) is 4.75. The van der Waals surface area contributed by atoms with Gasteiger partial charge in [-0.05, 0) is 19.4 Å². The first-order valence-electron chi connectivity index (χ1n) is 6.36. The van der Waals surface area contributed by atoms with Gasteiger partial charge in [-0.15, -0.1) is 0 Å². The van der Waals surface area contributed by atoms with Gasteiger partial charge in [0.25, 0.3) is 5.91 Å². The van der Waals surface area contributed by atoms with E-state index in [1.165, 1.54) is 6.20 Å². The number of hydrogen-bond donors (Lipinski definition) is 2. The van der Waals surface area contributed by atoms with Gasteiger partial charge in [0, 0.05) is 19.3 Å². The standard InChI is InChI=1S/C13H20ClN3O/c1-3-5-6-7-16-13(18)10-8-12(15-4-2)17-9-11(10)14/h8-9H,3-7H2,1-2H3,(H,15,17)(H,16,18). The van der Waals surface area contributed by atoms with E-state index >= 15 is 0 Å². The number of anilines is 1. The lowest BCUT2D eigenvalue weighted by Gasteiger charge is -2.08. The van der Waals surface area contributed by atoms with E-state index in [0.717, 1.165) is 25.8 Å². The number of carbonyl (C=O) groups excluding carboxylic acids is 1. The number of aromatic nitrogens is 1. The normalized spacial score (nSPS) is 10.2. The topological polar surface area (TPSA) is 54.0 Å². The molecule has 0 radical (unpaired) electrons. The highest BCUT2D eigenvalue weighted by Crippen LogP contribution is 2.17. The zero-order valence-corrected chi connectivity index (χ0v) is 11.7. The molecule has 0 atom stereocenters. The maximum absolute atomic E-state index is 11.9. The second kappa shape index (κ2) is 7.93. The third-order valence-corrected chi connectivity index (χ3v) is 2.82. The van der Waals surface area contributed by atoms with Crippen LogP contribution in [0.4, 0.5) is 5.82 Å². The number of nitrogens with one attached hydrogen (secondary N) is 2. The number of pyridine rings is 1. The van der Waals surface area contributed by atoms with Crippen LogP contribution in [0.2, 0.25) is 5.02 Å². The third-order valence-electron chi connectivity index (χ3n) is 2.52. The SMILES string of the molecule is CCCCCNC(=O)c1cc(NCC)ncc1Cl. The zero-order chi connectivity index (χ0) is 13.4. The van der Waals surface area contributed by atoms with E-state index < -0.39 is 0 Å². The van der Waals surface area contributed by atoms with Crippen LogP contribution in [-0.4, -0.2) is 24.0 Å². The third kappa shape index (κ3) is 4.53. The molecule has 1 aromatic heterocycles. The molecule has 1 rings (SSSR count). The fourth-order valence-electron chi connectivity index (χ4n) is 1.56. The Balaban J connectivity index is 2.63. The highest BCUT2D eigenvalue weighted by Gasteiger charge is 2.11. The predicted molar refractivity (Wildman–Crippen MR) is 75.3 cm³/mol. The van der Waals surface area contributed by atoms with Gasteiger partial charge in [-0.25, -0.2) is 4.98 Å². The first kappa shape index (κ1) is 14.8. The van der Waals surface area contributed by atoms with Gasteiger partial charge in [0.15, 0.2) is 0 Å². The van der Waals surface area contributed by atoms with Gasteiger partial charge in [0.2, 0.25) is 0 Å². The van der Waals surface area contributed by atoms with Gasteiger partial charge in [-0.1, -0.05) is 31.4 Å². The van der Waals surface area contributed by atoms with Crippen LogP contribution in [0.5, 0.6) is 0 Å². The molecule has 0 saturated carbocycles. The smallest absolute Gasteiger partial charge is 0.252 e. The molecule has 1 heterocycles. The largest absolute Gasteiger partial charge is 0.370 e. The van der Waals surface area contributed by atoms with Crippen molar-refractivity contribution in [2.75, 3.05) is 18.4 Å². The Morgan fingerprint density at radius 1 is 1.39 bits per heavy atom. The van der Waals surface area contributed by atoms with Gasteiger partial charge >= 0.3 is 0 Å². The lowest BCUT2D eigenvalue weighted by atomic mass is 10.2. The van der Waals surface area contributed by atoms with Crippen LogP contribution in [0.25, 0.3) is 0 Å². The summed E-state index contributed by atoms with van der Waals surface area (Å²) < 4.78 is 0. The van der Waals surface area contributed by atoms with Crippen molar-refractivity contribution in [3.05, 3.63) is 22.8 Å². The summed E-state index contributed by atoms with van der Waals surface area (Å²) in [5.41, 5.74) is 0.471. The van der Waals surface area contributed by atoms with Crippen molar-refractivity contribution in [2.24, 2.45) is 0 Å². The molecule has 2 N–H and O–H groups in total. The lowest BCUT2D eigenvalue weighted by Crippen LogP contribution is -2.25. The van der Waals surface area contributed by atoms with Crippen LogP contribution in [0.1, 0.15) is 43.5 Å². The molecule has 0 bridgehead atoms. The second-order valence-corrected chi connectivity index (χ2v) is 4.45. The molecule has 5 heteroatoms. The van der Waals surface area contributed by atoms with Gasteiger partial charge in [0.1, 0.15) is 5.82 Å². The van der Waals surface area contributed by atoms with Crippen LogP contribution in [-0.2, 0) is 0 Å². The van der Waals surface area contributed by atoms with E-state index in [1.807, 2.05) is 6.92 Å². The Hall–Kier alpha value is -1.29. The summed E-state index contributed by atoms with van der Waals surface area (Å²) in [6.45, 7) is 5.54. The van der Waals surface area contributed by atoms with E-state index in [2.05, 4.69) is 22.5 Å². The molecular weight excluding hydrogens is 250 g/mol. The molecule has 0 aliphatic carbocycles. The van der Waals surface area contributed by atoms with Crippen molar-refractivity contribution in [1.82, 2.24) is 10.3 Å². The van der Waals surface area contributed by atoms with Crippen molar-refractivity contribution in [1.29, 1.82) is 0 Å². The molecule has 0 fully saturated rings. The Labute approximate surface area is 113 Å². The Bertz CT molecular complexity index is 396. The summed E-state index contributed by atoms with van der Waals surface area (Å²) in [4.78, 5) is 16.0. The average molecular weight is 270 g/mol. The average Bonchev–Trinajstić information content (AvgIpc) is 2.37. The number of halogens is 1. The molecule has 100 valence electrons. The Morgan fingerprint density at radius 2 is 2.17 bits per heavy atom. The minimum absolute atomic E-state index is 0.141. The van der Waals surface area contributed by atoms with Crippen LogP contribution in [0.15, 0.2) is 12.3 Å². The molecular formula is C13H20ClN3O. The van der Waals surface area contributed by atoms with Crippen molar-refractivity contribution in [3.8, 4) is 0 Å². The zero-order valence-electron chi connectivity index (χ0n) is 10.9. The second-order valence-electron chi connectivity index (χ2n) is 4.04. The number of rotatable bonds is 7. The first-order chi connectivity index (χ1) is 8.69. The minimum atomic E-state index is -0.141. The van der Waals surface area contributed by atoms with E-state index in [1.54, 1.807) is 6.07 Å². The van der Waals surface area contributed by atoms with E-state index in [9.17, 15) is 4.79 Å². The van der Waals surface area contributed by atoms with E-state index in [0.29, 0.717) is 22.9 Å².